The first kappa shape index (κ1) is 23.2. The molecule has 2 heterocycles. The Morgan fingerprint density at radius 2 is 1.15 bits per heavy atom. The van der Waals surface area contributed by atoms with Gasteiger partial charge >= 0.3 is 0 Å². The second-order valence-electron chi connectivity index (χ2n) is 10.1. The zero-order chi connectivity index (χ0) is 26.2. The third kappa shape index (κ3) is 4.20. The van der Waals surface area contributed by atoms with E-state index in [-0.39, 0.29) is 0 Å². The molecule has 0 saturated carbocycles. The summed E-state index contributed by atoms with van der Waals surface area (Å²) in [4.78, 5) is 4.53. The van der Waals surface area contributed by atoms with Crippen molar-refractivity contribution in [2.24, 2.45) is 0 Å². The number of aromatic nitrogens is 1. The SMILES string of the molecule is Cc1ccc(-c2cccc(-c3c4ccccc4c(-c4ccc(C5=CCNC=C5)cc4)c4ccccc34)c2)cn1. The summed E-state index contributed by atoms with van der Waals surface area (Å²) in [5, 5.41) is 8.29. The first-order valence-electron chi connectivity index (χ1n) is 13.4. The first-order chi connectivity index (χ1) is 19.3. The normalized spacial score (nSPS) is 12.9. The molecule has 0 aliphatic carbocycles. The number of hydrogen-bond donors (Lipinski definition) is 1. The molecule has 0 fully saturated rings. The zero-order valence-corrected chi connectivity index (χ0v) is 21.9. The Balaban J connectivity index is 1.44. The minimum absolute atomic E-state index is 0.867. The minimum atomic E-state index is 0.867. The highest BCUT2D eigenvalue weighted by Gasteiger charge is 2.17. The number of nitrogens with zero attached hydrogens (tertiary/aromatic N) is 1. The summed E-state index contributed by atoms with van der Waals surface area (Å²) >= 11 is 0. The molecule has 1 aliphatic heterocycles. The molecule has 1 aromatic heterocycles. The van der Waals surface area contributed by atoms with Gasteiger partial charge in [-0.25, -0.2) is 0 Å². The largest absolute Gasteiger partial charge is 0.387 e. The van der Waals surface area contributed by atoms with Crippen molar-refractivity contribution in [2.45, 2.75) is 6.92 Å². The van der Waals surface area contributed by atoms with Crippen LogP contribution in [-0.2, 0) is 0 Å². The monoisotopic (exact) mass is 500 g/mol. The van der Waals surface area contributed by atoms with Gasteiger partial charge in [-0.05, 0) is 91.8 Å². The molecule has 1 aliphatic rings. The summed E-state index contributed by atoms with van der Waals surface area (Å²) in [5.41, 5.74) is 10.8. The van der Waals surface area contributed by atoms with E-state index in [1.165, 1.54) is 60.5 Å². The van der Waals surface area contributed by atoms with Gasteiger partial charge in [0.25, 0.3) is 0 Å². The maximum atomic E-state index is 4.53. The lowest BCUT2D eigenvalue weighted by molar-refractivity contribution is 0.976. The molecular weight excluding hydrogens is 472 g/mol. The topological polar surface area (TPSA) is 24.9 Å². The van der Waals surface area contributed by atoms with E-state index in [0.717, 1.165) is 17.8 Å². The number of rotatable bonds is 4. The molecule has 7 rings (SSSR count). The van der Waals surface area contributed by atoms with Crippen molar-refractivity contribution in [3.8, 4) is 33.4 Å². The number of fused-ring (bicyclic) bond motifs is 2. The van der Waals surface area contributed by atoms with Gasteiger partial charge in [0.1, 0.15) is 0 Å². The van der Waals surface area contributed by atoms with Gasteiger partial charge in [0.05, 0.1) is 0 Å². The van der Waals surface area contributed by atoms with E-state index in [0.29, 0.717) is 0 Å². The Kier molecular flexibility index (Phi) is 5.79. The Labute approximate surface area is 229 Å². The summed E-state index contributed by atoms with van der Waals surface area (Å²) in [5.74, 6) is 0. The average molecular weight is 501 g/mol. The van der Waals surface area contributed by atoms with Crippen molar-refractivity contribution in [1.82, 2.24) is 10.3 Å². The number of dihydropyridines is 1. The molecular formula is C37H28N2. The second-order valence-corrected chi connectivity index (χ2v) is 10.1. The Morgan fingerprint density at radius 3 is 1.74 bits per heavy atom. The molecule has 186 valence electrons. The van der Waals surface area contributed by atoms with Crippen LogP contribution in [0.1, 0.15) is 11.3 Å². The molecule has 2 nitrogen and oxygen atoms in total. The number of aryl methyl sites for hydroxylation is 1. The molecule has 0 spiro atoms. The quantitative estimate of drug-likeness (QED) is 0.244. The van der Waals surface area contributed by atoms with Crippen LogP contribution in [0.5, 0.6) is 0 Å². The van der Waals surface area contributed by atoms with Crippen LogP contribution in [0.2, 0.25) is 0 Å². The number of allylic oxidation sites excluding steroid dienone is 2. The van der Waals surface area contributed by atoms with E-state index < -0.39 is 0 Å². The van der Waals surface area contributed by atoms with Crippen LogP contribution in [0, 0.1) is 6.92 Å². The van der Waals surface area contributed by atoms with Gasteiger partial charge in [0, 0.05) is 24.0 Å². The van der Waals surface area contributed by atoms with Crippen molar-refractivity contribution in [1.29, 1.82) is 0 Å². The standard InChI is InChI=1S/C37H28N2/c1-25-13-14-31(24-39-25)29-7-6-8-30(23-29)37-34-11-4-2-9-32(34)36(33-10-3-5-12-35(33)37)28-17-15-26(16-18-28)27-19-21-38-22-20-27/h2-21,23-24,38H,22H2,1H3. The Bertz CT molecular complexity index is 1830. The van der Waals surface area contributed by atoms with Crippen LogP contribution in [0.15, 0.2) is 134 Å². The van der Waals surface area contributed by atoms with E-state index in [1.807, 2.05) is 19.3 Å². The Hall–Kier alpha value is -4.95. The van der Waals surface area contributed by atoms with Gasteiger partial charge in [-0.3, -0.25) is 4.98 Å². The molecule has 39 heavy (non-hydrogen) atoms. The van der Waals surface area contributed by atoms with Gasteiger partial charge in [-0.2, -0.15) is 0 Å². The van der Waals surface area contributed by atoms with E-state index >= 15 is 0 Å². The molecule has 0 atom stereocenters. The van der Waals surface area contributed by atoms with Gasteiger partial charge in [-0.1, -0.05) is 103 Å². The van der Waals surface area contributed by atoms with E-state index in [4.69, 9.17) is 0 Å². The van der Waals surface area contributed by atoms with Crippen LogP contribution in [0.3, 0.4) is 0 Å². The minimum Gasteiger partial charge on any atom is -0.387 e. The number of hydrogen-bond acceptors (Lipinski definition) is 2. The van der Waals surface area contributed by atoms with Crippen molar-refractivity contribution in [3.63, 3.8) is 0 Å². The van der Waals surface area contributed by atoms with E-state index in [2.05, 4.69) is 132 Å². The summed E-state index contributed by atoms with van der Waals surface area (Å²) in [6, 6.07) is 39.8. The van der Waals surface area contributed by atoms with Crippen molar-refractivity contribution < 1.29 is 0 Å². The van der Waals surface area contributed by atoms with Gasteiger partial charge in [0.15, 0.2) is 0 Å². The third-order valence-corrected chi connectivity index (χ3v) is 7.65. The van der Waals surface area contributed by atoms with Gasteiger partial charge in [-0.15, -0.1) is 0 Å². The smallest absolute Gasteiger partial charge is 0.0373 e. The maximum absolute atomic E-state index is 4.53. The van der Waals surface area contributed by atoms with Crippen molar-refractivity contribution >= 4 is 27.1 Å². The van der Waals surface area contributed by atoms with Gasteiger partial charge in [0.2, 0.25) is 0 Å². The lowest BCUT2D eigenvalue weighted by atomic mass is 9.85. The molecule has 0 bridgehead atoms. The fraction of sp³-hybridized carbons (Fsp3) is 0.0541. The summed E-state index contributed by atoms with van der Waals surface area (Å²) < 4.78 is 0. The maximum Gasteiger partial charge on any atom is 0.0373 e. The first-order valence-corrected chi connectivity index (χ1v) is 13.4. The van der Waals surface area contributed by atoms with Crippen molar-refractivity contribution in [2.75, 3.05) is 6.54 Å². The third-order valence-electron chi connectivity index (χ3n) is 7.65. The number of benzene rings is 5. The van der Waals surface area contributed by atoms with E-state index in [1.54, 1.807) is 0 Å². The summed E-state index contributed by atoms with van der Waals surface area (Å²) in [6.07, 6.45) is 8.36. The Morgan fingerprint density at radius 1 is 0.564 bits per heavy atom. The van der Waals surface area contributed by atoms with Crippen LogP contribution < -0.4 is 5.32 Å². The molecule has 1 N–H and O–H groups in total. The van der Waals surface area contributed by atoms with Crippen LogP contribution in [-0.4, -0.2) is 11.5 Å². The van der Waals surface area contributed by atoms with Gasteiger partial charge < -0.3 is 5.32 Å². The van der Waals surface area contributed by atoms with Crippen LogP contribution >= 0.6 is 0 Å². The molecule has 6 aromatic rings. The predicted octanol–water partition coefficient (Wildman–Crippen LogP) is 9.20. The zero-order valence-electron chi connectivity index (χ0n) is 21.9. The second kappa shape index (κ2) is 9.74. The molecule has 2 heteroatoms. The highest BCUT2D eigenvalue weighted by molar-refractivity contribution is 6.21. The van der Waals surface area contributed by atoms with E-state index in [9.17, 15) is 0 Å². The lowest BCUT2D eigenvalue weighted by Gasteiger charge is -2.18. The molecule has 0 unspecified atom stereocenters. The summed E-state index contributed by atoms with van der Waals surface area (Å²) in [6.45, 7) is 2.89. The fourth-order valence-corrected chi connectivity index (χ4v) is 5.74. The predicted molar refractivity (Wildman–Crippen MR) is 165 cm³/mol. The molecule has 0 saturated heterocycles. The highest BCUT2D eigenvalue weighted by Crippen LogP contribution is 2.44. The van der Waals surface area contributed by atoms with Crippen LogP contribution in [0.4, 0.5) is 0 Å². The number of nitrogens with one attached hydrogen (secondary N) is 1. The van der Waals surface area contributed by atoms with Crippen molar-refractivity contribution in [3.05, 3.63) is 145 Å². The number of pyridine rings is 1. The highest BCUT2D eigenvalue weighted by atomic mass is 14.8. The molecule has 5 aromatic carbocycles. The molecule has 0 radical (unpaired) electrons. The lowest BCUT2D eigenvalue weighted by Crippen LogP contribution is -2.08. The average Bonchev–Trinajstić information content (AvgIpc) is 3.01. The fourth-order valence-electron chi connectivity index (χ4n) is 5.74. The summed E-state index contributed by atoms with van der Waals surface area (Å²) in [7, 11) is 0. The molecule has 0 amide bonds. The van der Waals surface area contributed by atoms with Crippen LogP contribution in [0.25, 0.3) is 60.5 Å².